The summed E-state index contributed by atoms with van der Waals surface area (Å²) in [4.78, 5) is 4.27. The van der Waals surface area contributed by atoms with Gasteiger partial charge in [0.15, 0.2) is 0 Å². The zero-order valence-electron chi connectivity index (χ0n) is 12.1. The van der Waals surface area contributed by atoms with E-state index in [1.54, 1.807) is 24.4 Å². The minimum Gasteiger partial charge on any atom is -0.281 e. The molecule has 0 unspecified atom stereocenters. The van der Waals surface area contributed by atoms with E-state index in [9.17, 15) is 8.63 Å². The van der Waals surface area contributed by atoms with E-state index in [-0.39, 0.29) is 5.47 Å². The van der Waals surface area contributed by atoms with Crippen molar-refractivity contribution in [3.8, 4) is 0 Å². The molecule has 3 rings (SSSR count). The van der Waals surface area contributed by atoms with Crippen LogP contribution in [0.2, 0.25) is 0 Å². The molecule has 0 saturated carbocycles. The largest absolute Gasteiger partial charge is 0.572 e. The predicted octanol–water partition coefficient (Wildman–Crippen LogP) is 5.05. The van der Waals surface area contributed by atoms with Gasteiger partial charge in [0.05, 0.1) is 5.69 Å². The van der Waals surface area contributed by atoms with Crippen molar-refractivity contribution in [2.75, 3.05) is 0 Å². The van der Waals surface area contributed by atoms with Gasteiger partial charge in [-0.1, -0.05) is 54.1 Å². The summed E-state index contributed by atoms with van der Waals surface area (Å²) in [6.07, 6.45) is 3.13. The molecule has 0 spiro atoms. The Morgan fingerprint density at radius 2 is 1.86 bits per heavy atom. The van der Waals surface area contributed by atoms with Gasteiger partial charge in [0.2, 0.25) is 0 Å². The third kappa shape index (κ3) is 2.91. The number of halogens is 2. The van der Waals surface area contributed by atoms with Gasteiger partial charge in [0, 0.05) is 17.1 Å². The van der Waals surface area contributed by atoms with E-state index < -0.39 is 7.27 Å². The van der Waals surface area contributed by atoms with Gasteiger partial charge >= 0.3 is 7.27 Å². The lowest BCUT2D eigenvalue weighted by atomic mass is 9.78. The molecule has 0 bridgehead atoms. The molecule has 0 atom stereocenters. The van der Waals surface area contributed by atoms with Gasteiger partial charge in [-0.2, -0.15) is 0 Å². The Labute approximate surface area is 128 Å². The normalized spacial score (nSPS) is 11.7. The van der Waals surface area contributed by atoms with E-state index in [4.69, 9.17) is 0 Å². The number of pyridine rings is 1. The molecule has 0 radical (unpaired) electrons. The summed E-state index contributed by atoms with van der Waals surface area (Å²) in [5, 5.41) is 1.86. The van der Waals surface area contributed by atoms with Gasteiger partial charge in [-0.25, -0.2) is 0 Å². The summed E-state index contributed by atoms with van der Waals surface area (Å²) in [7, 11) is -2.55. The van der Waals surface area contributed by atoms with Crippen molar-refractivity contribution >= 4 is 29.6 Å². The Bertz CT molecular complexity index is 838. The Morgan fingerprint density at radius 1 is 1.05 bits per heavy atom. The van der Waals surface area contributed by atoms with Gasteiger partial charge in [-0.3, -0.25) is 13.6 Å². The van der Waals surface area contributed by atoms with E-state index in [0.717, 1.165) is 16.3 Å². The molecule has 1 nitrogen and oxygen atoms in total. The smallest absolute Gasteiger partial charge is 0.281 e. The van der Waals surface area contributed by atoms with Crippen molar-refractivity contribution in [1.29, 1.82) is 0 Å². The molecule has 0 aliphatic carbocycles. The Morgan fingerprint density at radius 3 is 2.64 bits per heavy atom. The molecule has 0 N–H and O–H groups in total. The van der Waals surface area contributed by atoms with Crippen LogP contribution in [-0.2, 0) is 0 Å². The van der Waals surface area contributed by atoms with Gasteiger partial charge in [0.25, 0.3) is 0 Å². The zero-order valence-corrected chi connectivity index (χ0v) is 12.1. The predicted molar refractivity (Wildman–Crippen MR) is 88.8 cm³/mol. The van der Waals surface area contributed by atoms with Crippen LogP contribution in [-0.4, -0.2) is 12.3 Å². The summed E-state index contributed by atoms with van der Waals surface area (Å²) < 4.78 is 27.0. The quantitative estimate of drug-likeness (QED) is 0.616. The average molecular weight is 293 g/mol. The second-order valence-corrected chi connectivity index (χ2v) is 5.19. The fraction of sp³-hybridized carbons (Fsp3) is 0.0556. The highest BCUT2D eigenvalue weighted by atomic mass is 19.2. The number of aryl methyl sites for hydroxylation is 1. The topological polar surface area (TPSA) is 12.9 Å². The first-order valence-electron chi connectivity index (χ1n) is 7.05. The first kappa shape index (κ1) is 14.5. The maximum absolute atomic E-state index is 13.5. The first-order chi connectivity index (χ1) is 10.6. The summed E-state index contributed by atoms with van der Waals surface area (Å²) in [5.74, 6) is 0. The molecular formula is C18H14BF2N. The summed E-state index contributed by atoms with van der Waals surface area (Å²) in [6, 6.07) is 16.7. The zero-order chi connectivity index (χ0) is 15.5. The number of rotatable bonds is 3. The van der Waals surface area contributed by atoms with Gasteiger partial charge in [-0.15, -0.1) is 0 Å². The number of hydrogen-bond donors (Lipinski definition) is 0. The van der Waals surface area contributed by atoms with Gasteiger partial charge < -0.3 is 0 Å². The lowest BCUT2D eigenvalue weighted by Gasteiger charge is -2.07. The van der Waals surface area contributed by atoms with Crippen molar-refractivity contribution in [2.45, 2.75) is 6.92 Å². The lowest BCUT2D eigenvalue weighted by Crippen LogP contribution is -2.02. The van der Waals surface area contributed by atoms with E-state index in [2.05, 4.69) is 4.98 Å². The molecule has 1 heterocycles. The summed E-state index contributed by atoms with van der Waals surface area (Å²) >= 11 is 0. The van der Waals surface area contributed by atoms with Crippen molar-refractivity contribution < 1.29 is 8.63 Å². The van der Waals surface area contributed by atoms with Crippen LogP contribution >= 0.6 is 0 Å². The third-order valence-electron chi connectivity index (χ3n) is 3.58. The average Bonchev–Trinajstić information content (AvgIpc) is 2.52. The number of benzene rings is 2. The molecule has 22 heavy (non-hydrogen) atoms. The van der Waals surface area contributed by atoms with Gasteiger partial charge in [0.1, 0.15) is 0 Å². The molecule has 0 aliphatic heterocycles. The summed E-state index contributed by atoms with van der Waals surface area (Å²) in [6.45, 7) is 1.89. The van der Waals surface area contributed by atoms with Crippen LogP contribution in [0, 0.1) is 6.92 Å². The number of fused-ring (bicyclic) bond motifs is 1. The fourth-order valence-electron chi connectivity index (χ4n) is 2.50. The Balaban J connectivity index is 2.17. The maximum Gasteiger partial charge on any atom is 0.572 e. The molecular weight excluding hydrogens is 279 g/mol. The Hall–Kier alpha value is -2.49. The first-order valence-corrected chi connectivity index (χ1v) is 7.05. The fourth-order valence-corrected chi connectivity index (χ4v) is 2.50. The molecule has 2 aromatic carbocycles. The van der Waals surface area contributed by atoms with Crippen LogP contribution in [0.4, 0.5) is 8.63 Å². The Kier molecular flexibility index (Phi) is 4.01. The van der Waals surface area contributed by atoms with Crippen LogP contribution in [0.5, 0.6) is 0 Å². The van der Waals surface area contributed by atoms with E-state index in [1.165, 1.54) is 6.08 Å². The van der Waals surface area contributed by atoms with Crippen LogP contribution in [0.1, 0.15) is 16.8 Å². The molecule has 108 valence electrons. The number of nitrogens with zero attached hydrogens (tertiary/aromatic N) is 1. The highest BCUT2D eigenvalue weighted by Crippen LogP contribution is 2.26. The summed E-state index contributed by atoms with van der Waals surface area (Å²) in [5.41, 5.74) is 2.04. The highest BCUT2D eigenvalue weighted by molar-refractivity contribution is 6.68. The van der Waals surface area contributed by atoms with Crippen molar-refractivity contribution in [3.63, 3.8) is 0 Å². The molecule has 0 aliphatic rings. The molecule has 0 amide bonds. The third-order valence-corrected chi connectivity index (χ3v) is 3.58. The highest BCUT2D eigenvalue weighted by Gasteiger charge is 2.22. The molecule has 1 aromatic heterocycles. The van der Waals surface area contributed by atoms with Crippen molar-refractivity contribution in [2.24, 2.45) is 0 Å². The monoisotopic (exact) mass is 293 g/mol. The standard InChI is InChI=1S/C18H14BF2N/c1-13-5-4-7-15(11-13)17(19(20)21)12-18-16-8-3-2-6-14(16)9-10-22-18/h2-12H,1H3/b17-12+. The minimum absolute atomic E-state index is 0.00690. The SMILES string of the molecule is Cc1cccc(/C(=C\c2nccc3ccccc23)B(F)F)c1. The molecule has 4 heteroatoms. The minimum atomic E-state index is -2.55. The van der Waals surface area contributed by atoms with Crippen LogP contribution < -0.4 is 0 Å². The van der Waals surface area contributed by atoms with Crippen molar-refractivity contribution in [1.82, 2.24) is 4.98 Å². The molecule has 0 fully saturated rings. The maximum atomic E-state index is 13.5. The van der Waals surface area contributed by atoms with Crippen LogP contribution in [0.15, 0.2) is 60.8 Å². The van der Waals surface area contributed by atoms with Gasteiger partial charge in [-0.05, 0) is 30.0 Å². The lowest BCUT2D eigenvalue weighted by molar-refractivity contribution is 0.687. The molecule has 3 aromatic rings. The second-order valence-electron chi connectivity index (χ2n) is 5.19. The van der Waals surface area contributed by atoms with E-state index >= 15 is 0 Å². The van der Waals surface area contributed by atoms with Crippen molar-refractivity contribution in [3.05, 3.63) is 77.6 Å². The number of aromatic nitrogens is 1. The van der Waals surface area contributed by atoms with E-state index in [0.29, 0.717) is 11.3 Å². The van der Waals surface area contributed by atoms with Crippen LogP contribution in [0.3, 0.4) is 0 Å². The number of hydrogen-bond acceptors (Lipinski definition) is 1. The van der Waals surface area contributed by atoms with E-state index in [1.807, 2.05) is 43.3 Å². The second kappa shape index (κ2) is 6.10. The molecule has 0 saturated heterocycles. The van der Waals surface area contributed by atoms with Crippen LogP contribution in [0.25, 0.3) is 22.3 Å².